The first-order valence-corrected chi connectivity index (χ1v) is 9.98. The van der Waals surface area contributed by atoms with Crippen LogP contribution in [0.4, 0.5) is 21.5 Å². The number of phenolic OH excluding ortho intramolecular Hbond substituents is 1. The molecule has 0 unspecified atom stereocenters. The summed E-state index contributed by atoms with van der Waals surface area (Å²) in [5.74, 6) is -3.17. The zero-order valence-corrected chi connectivity index (χ0v) is 16.9. The molecule has 0 spiro atoms. The van der Waals surface area contributed by atoms with Gasteiger partial charge in [0.05, 0.1) is 16.3 Å². The molecule has 2 fully saturated rings. The van der Waals surface area contributed by atoms with E-state index in [1.807, 2.05) is 0 Å². The minimum atomic E-state index is -1.23. The second kappa shape index (κ2) is 7.68. The van der Waals surface area contributed by atoms with Crippen LogP contribution in [0.15, 0.2) is 72.8 Å². The summed E-state index contributed by atoms with van der Waals surface area (Å²) in [6.07, 6.45) is -1.23. The van der Waals surface area contributed by atoms with Crippen LogP contribution in [0.2, 0.25) is 0 Å². The van der Waals surface area contributed by atoms with Crippen molar-refractivity contribution in [2.45, 2.75) is 12.1 Å². The molecule has 2 amide bonds. The number of rotatable bonds is 4. The van der Waals surface area contributed by atoms with E-state index in [0.717, 1.165) is 23.1 Å². The normalized spacial score (nSPS) is 22.0. The largest absolute Gasteiger partial charge is 0.508 e. The molecule has 0 saturated carbocycles. The monoisotopic (exact) mass is 449 g/mol. The van der Waals surface area contributed by atoms with Crippen molar-refractivity contribution in [2.24, 2.45) is 5.92 Å². The number of halogens is 1. The molecule has 9 nitrogen and oxygen atoms in total. The van der Waals surface area contributed by atoms with Gasteiger partial charge < -0.3 is 5.11 Å². The van der Waals surface area contributed by atoms with Gasteiger partial charge in [-0.1, -0.05) is 18.2 Å². The highest BCUT2D eigenvalue weighted by molar-refractivity contribution is 6.23. The molecular weight excluding hydrogens is 433 g/mol. The van der Waals surface area contributed by atoms with Gasteiger partial charge in [0, 0.05) is 17.7 Å². The van der Waals surface area contributed by atoms with Crippen LogP contribution in [-0.2, 0) is 14.4 Å². The average Bonchev–Trinajstić information content (AvgIpc) is 3.31. The van der Waals surface area contributed by atoms with Gasteiger partial charge in [-0.05, 0) is 42.5 Å². The van der Waals surface area contributed by atoms with Crippen molar-refractivity contribution in [3.63, 3.8) is 0 Å². The van der Waals surface area contributed by atoms with Gasteiger partial charge in [-0.15, -0.1) is 0 Å². The van der Waals surface area contributed by atoms with Gasteiger partial charge in [0.1, 0.15) is 23.5 Å². The van der Waals surface area contributed by atoms with Crippen LogP contribution < -0.4 is 9.96 Å². The Morgan fingerprint density at radius 2 is 1.64 bits per heavy atom. The lowest BCUT2D eigenvalue weighted by Crippen LogP contribution is -2.37. The summed E-state index contributed by atoms with van der Waals surface area (Å²) in [6.45, 7) is 0. The summed E-state index contributed by atoms with van der Waals surface area (Å²) < 4.78 is 13.4. The average molecular weight is 449 g/mol. The van der Waals surface area contributed by atoms with Crippen molar-refractivity contribution in [3.05, 3.63) is 94.3 Å². The SMILES string of the molecule is O=C1[C@H]2[C@@H](ON(c3ccccc3)[C@H]2c2cc([N+](=O)[O-])ccc2O)C(=O)N1c1ccc(F)cc1. The molecule has 3 atom stereocenters. The Kier molecular flexibility index (Phi) is 4.79. The van der Waals surface area contributed by atoms with Gasteiger partial charge in [-0.3, -0.25) is 24.5 Å². The molecule has 3 aromatic rings. The maximum atomic E-state index is 13.5. The van der Waals surface area contributed by atoms with Crippen LogP contribution in [0.3, 0.4) is 0 Å². The number of nitro groups is 1. The number of nitrogens with zero attached hydrogens (tertiary/aromatic N) is 3. The zero-order chi connectivity index (χ0) is 23.3. The third-order valence-electron chi connectivity index (χ3n) is 5.75. The van der Waals surface area contributed by atoms with Crippen LogP contribution >= 0.6 is 0 Å². The Bertz CT molecular complexity index is 1270. The van der Waals surface area contributed by atoms with E-state index in [4.69, 9.17) is 4.84 Å². The maximum Gasteiger partial charge on any atom is 0.270 e. The number of hydrogen-bond donors (Lipinski definition) is 1. The van der Waals surface area contributed by atoms with Crippen molar-refractivity contribution >= 4 is 28.9 Å². The highest BCUT2D eigenvalue weighted by atomic mass is 19.1. The first kappa shape index (κ1) is 20.6. The fraction of sp³-hybridized carbons (Fsp3) is 0.130. The third-order valence-corrected chi connectivity index (χ3v) is 5.75. The summed E-state index contributed by atoms with van der Waals surface area (Å²) in [4.78, 5) is 44.2. The quantitative estimate of drug-likeness (QED) is 0.369. The molecule has 1 N–H and O–H groups in total. The molecule has 0 bridgehead atoms. The smallest absolute Gasteiger partial charge is 0.270 e. The second-order valence-corrected chi connectivity index (χ2v) is 7.65. The number of amides is 2. The van der Waals surface area contributed by atoms with Gasteiger partial charge >= 0.3 is 0 Å². The topological polar surface area (TPSA) is 113 Å². The summed E-state index contributed by atoms with van der Waals surface area (Å²) >= 11 is 0. The van der Waals surface area contributed by atoms with E-state index in [9.17, 15) is 29.2 Å². The van der Waals surface area contributed by atoms with Crippen LogP contribution in [0.1, 0.15) is 11.6 Å². The molecule has 2 aliphatic rings. The lowest BCUT2D eigenvalue weighted by atomic mass is 9.89. The summed E-state index contributed by atoms with van der Waals surface area (Å²) in [5, 5.41) is 23.3. The van der Waals surface area contributed by atoms with Crippen LogP contribution in [0.25, 0.3) is 0 Å². The minimum absolute atomic E-state index is 0.0719. The number of hydroxylamine groups is 1. The van der Waals surface area contributed by atoms with Crippen LogP contribution in [-0.4, -0.2) is 27.9 Å². The second-order valence-electron chi connectivity index (χ2n) is 7.65. The van der Waals surface area contributed by atoms with E-state index in [0.29, 0.717) is 5.69 Å². The molecule has 33 heavy (non-hydrogen) atoms. The number of non-ortho nitro benzene ring substituents is 1. The lowest BCUT2D eigenvalue weighted by Gasteiger charge is -2.29. The Morgan fingerprint density at radius 3 is 2.30 bits per heavy atom. The molecule has 2 heterocycles. The fourth-order valence-electron chi connectivity index (χ4n) is 4.27. The Hall–Kier alpha value is -4.31. The Labute approximate surface area is 186 Å². The number of phenols is 1. The van der Waals surface area contributed by atoms with E-state index < -0.39 is 40.6 Å². The molecular formula is C23H16FN3O6. The highest BCUT2D eigenvalue weighted by Gasteiger charge is 2.60. The Balaban J connectivity index is 1.63. The third kappa shape index (κ3) is 3.28. The van der Waals surface area contributed by atoms with E-state index in [2.05, 4.69) is 0 Å². The fourth-order valence-corrected chi connectivity index (χ4v) is 4.27. The number of imide groups is 1. The molecule has 0 aromatic heterocycles. The molecule has 166 valence electrons. The summed E-state index contributed by atoms with van der Waals surface area (Å²) in [5.41, 5.74) is 0.462. The molecule has 2 saturated heterocycles. The predicted molar refractivity (Wildman–Crippen MR) is 114 cm³/mol. The maximum absolute atomic E-state index is 13.5. The zero-order valence-electron chi connectivity index (χ0n) is 16.9. The number of para-hydroxylation sites is 1. The van der Waals surface area contributed by atoms with Gasteiger partial charge in [0.2, 0.25) is 5.91 Å². The standard InChI is InChI=1S/C23H16FN3O6/c24-13-6-8-14(9-7-13)25-22(29)19-20(17-12-16(27(31)32)10-11-18(17)28)26(33-21(19)23(25)30)15-4-2-1-3-5-15/h1-12,19-21,28H/t19-,20+,21-/m1/s1. The van der Waals surface area contributed by atoms with Crippen LogP contribution in [0, 0.1) is 21.8 Å². The number of nitro benzene ring substituents is 1. The summed E-state index contributed by atoms with van der Waals surface area (Å²) in [7, 11) is 0. The van der Waals surface area contributed by atoms with Crippen molar-refractivity contribution in [2.75, 3.05) is 9.96 Å². The number of fused-ring (bicyclic) bond motifs is 1. The minimum Gasteiger partial charge on any atom is -0.508 e. The van der Waals surface area contributed by atoms with Crippen molar-refractivity contribution in [1.29, 1.82) is 0 Å². The van der Waals surface area contributed by atoms with Crippen molar-refractivity contribution < 1.29 is 28.8 Å². The van der Waals surface area contributed by atoms with Gasteiger partial charge in [0.15, 0.2) is 6.10 Å². The van der Waals surface area contributed by atoms with Crippen LogP contribution in [0.5, 0.6) is 5.75 Å². The number of carbonyl (C=O) groups excluding carboxylic acids is 2. The summed E-state index contributed by atoms with van der Waals surface area (Å²) in [6, 6.07) is 15.9. The molecule has 3 aromatic carbocycles. The first-order valence-electron chi connectivity index (χ1n) is 9.98. The van der Waals surface area contributed by atoms with Crippen molar-refractivity contribution in [1.82, 2.24) is 0 Å². The van der Waals surface area contributed by atoms with E-state index >= 15 is 0 Å². The van der Waals surface area contributed by atoms with Gasteiger partial charge in [-0.25, -0.2) is 14.4 Å². The lowest BCUT2D eigenvalue weighted by molar-refractivity contribution is -0.385. The van der Waals surface area contributed by atoms with Crippen molar-refractivity contribution in [3.8, 4) is 5.75 Å². The van der Waals surface area contributed by atoms with Gasteiger partial charge in [0.25, 0.3) is 11.6 Å². The van der Waals surface area contributed by atoms with E-state index in [-0.39, 0.29) is 22.7 Å². The molecule has 2 aliphatic heterocycles. The predicted octanol–water partition coefficient (Wildman–Crippen LogP) is 3.49. The van der Waals surface area contributed by atoms with E-state index in [1.54, 1.807) is 30.3 Å². The van der Waals surface area contributed by atoms with Gasteiger partial charge in [-0.2, -0.15) is 0 Å². The first-order chi connectivity index (χ1) is 15.9. The van der Waals surface area contributed by atoms with E-state index in [1.165, 1.54) is 29.3 Å². The number of aromatic hydroxyl groups is 1. The number of benzene rings is 3. The number of carbonyl (C=O) groups is 2. The number of anilines is 2. The number of hydrogen-bond acceptors (Lipinski definition) is 7. The Morgan fingerprint density at radius 1 is 0.939 bits per heavy atom. The highest BCUT2D eigenvalue weighted by Crippen LogP contribution is 2.49. The molecule has 10 heteroatoms. The molecule has 0 radical (unpaired) electrons. The molecule has 0 aliphatic carbocycles. The molecule has 5 rings (SSSR count).